The summed E-state index contributed by atoms with van der Waals surface area (Å²) in [6.07, 6.45) is -1.49. The molecule has 6 amide bonds. The fourth-order valence-corrected chi connectivity index (χ4v) is 3.00. The summed E-state index contributed by atoms with van der Waals surface area (Å²) in [5.41, 5.74) is 11.5. The zero-order chi connectivity index (χ0) is 27.1. The molecule has 0 radical (unpaired) electrons. The minimum Gasteiger partial charge on any atom is -0.465 e. The van der Waals surface area contributed by atoms with Crippen molar-refractivity contribution in [2.24, 2.45) is 17.4 Å². The molecule has 0 aliphatic rings. The number of urea groups is 1. The number of carbonyl (C=O) groups is 5. The van der Waals surface area contributed by atoms with Gasteiger partial charge in [0, 0.05) is 25.3 Å². The predicted molar refractivity (Wildman–Crippen MR) is 131 cm³/mol. The van der Waals surface area contributed by atoms with Crippen molar-refractivity contribution in [2.45, 2.75) is 45.4 Å². The Bertz CT molecular complexity index is 893. The van der Waals surface area contributed by atoms with Gasteiger partial charge in [-0.15, -0.1) is 0 Å². The summed E-state index contributed by atoms with van der Waals surface area (Å²) in [6.45, 7) is 4.12. The molecule has 200 valence electrons. The van der Waals surface area contributed by atoms with E-state index < -0.39 is 42.1 Å². The normalized spacial score (nSPS) is 12.1. The van der Waals surface area contributed by atoms with Crippen molar-refractivity contribution in [2.75, 3.05) is 25.0 Å². The third kappa shape index (κ3) is 11.9. The summed E-state index contributed by atoms with van der Waals surface area (Å²) in [7, 11) is 0. The Hall–Kier alpha value is -4.07. The molecule has 2 atom stereocenters. The van der Waals surface area contributed by atoms with Gasteiger partial charge in [-0.1, -0.05) is 26.0 Å². The number of carboxylic acid groups (broad SMARTS) is 1. The average molecular weight is 510 g/mol. The SMILES string of the molecule is CC(C)[C@H](NC(=O)O)C(=O)N[C@@H](CCCNC(N)=O)C(=O)Nc1ccc(COC(=O)NCCN)cc1. The molecule has 1 aromatic rings. The zero-order valence-electron chi connectivity index (χ0n) is 20.3. The molecular weight excluding hydrogens is 474 g/mol. The number of amides is 6. The van der Waals surface area contributed by atoms with E-state index in [-0.39, 0.29) is 25.5 Å². The Morgan fingerprint density at radius 1 is 0.972 bits per heavy atom. The van der Waals surface area contributed by atoms with Gasteiger partial charge in [0.1, 0.15) is 18.7 Å². The summed E-state index contributed by atoms with van der Waals surface area (Å²) in [6, 6.07) is 3.71. The van der Waals surface area contributed by atoms with Crippen LogP contribution in [0.3, 0.4) is 0 Å². The van der Waals surface area contributed by atoms with E-state index in [4.69, 9.17) is 21.3 Å². The highest BCUT2D eigenvalue weighted by molar-refractivity contribution is 5.98. The maximum Gasteiger partial charge on any atom is 0.407 e. The molecule has 0 saturated heterocycles. The highest BCUT2D eigenvalue weighted by Crippen LogP contribution is 2.12. The Kier molecular flexibility index (Phi) is 13.1. The van der Waals surface area contributed by atoms with Gasteiger partial charge in [0.2, 0.25) is 11.8 Å². The van der Waals surface area contributed by atoms with Crippen molar-refractivity contribution in [1.82, 2.24) is 21.3 Å². The van der Waals surface area contributed by atoms with Crippen molar-refractivity contribution in [3.63, 3.8) is 0 Å². The van der Waals surface area contributed by atoms with Crippen LogP contribution < -0.4 is 38.1 Å². The molecule has 36 heavy (non-hydrogen) atoms. The van der Waals surface area contributed by atoms with E-state index in [0.29, 0.717) is 30.8 Å². The van der Waals surface area contributed by atoms with E-state index in [1.807, 2.05) is 0 Å². The molecule has 0 heterocycles. The number of hydrogen-bond acceptors (Lipinski definition) is 7. The van der Waals surface area contributed by atoms with Crippen molar-refractivity contribution in [1.29, 1.82) is 0 Å². The van der Waals surface area contributed by atoms with E-state index in [2.05, 4.69) is 26.6 Å². The molecule has 14 heteroatoms. The van der Waals surface area contributed by atoms with Gasteiger partial charge < -0.3 is 47.9 Å². The fourth-order valence-electron chi connectivity index (χ4n) is 3.00. The lowest BCUT2D eigenvalue weighted by molar-refractivity contribution is -0.128. The van der Waals surface area contributed by atoms with Crippen LogP contribution in [0.5, 0.6) is 0 Å². The van der Waals surface area contributed by atoms with Crippen molar-refractivity contribution in [3.05, 3.63) is 29.8 Å². The molecule has 10 N–H and O–H groups in total. The van der Waals surface area contributed by atoms with Crippen molar-refractivity contribution < 1.29 is 33.8 Å². The number of hydrogen-bond donors (Lipinski definition) is 8. The van der Waals surface area contributed by atoms with E-state index in [9.17, 15) is 24.0 Å². The number of ether oxygens (including phenoxy) is 1. The second-order valence-electron chi connectivity index (χ2n) is 8.14. The lowest BCUT2D eigenvalue weighted by Crippen LogP contribution is -2.54. The first kappa shape index (κ1) is 30.0. The largest absolute Gasteiger partial charge is 0.465 e. The lowest BCUT2D eigenvalue weighted by atomic mass is 10.0. The van der Waals surface area contributed by atoms with Gasteiger partial charge in [0.25, 0.3) is 0 Å². The quantitative estimate of drug-likeness (QED) is 0.159. The maximum atomic E-state index is 12.9. The Balaban J connectivity index is 2.82. The van der Waals surface area contributed by atoms with Crippen LogP contribution in [0.25, 0.3) is 0 Å². The van der Waals surface area contributed by atoms with E-state index in [0.717, 1.165) is 0 Å². The monoisotopic (exact) mass is 509 g/mol. The molecule has 1 rings (SSSR count). The van der Waals surface area contributed by atoms with Crippen LogP contribution in [-0.4, -0.2) is 66.9 Å². The summed E-state index contributed by atoms with van der Waals surface area (Å²) >= 11 is 0. The first-order valence-electron chi connectivity index (χ1n) is 11.4. The number of anilines is 1. The maximum absolute atomic E-state index is 12.9. The molecule has 0 fully saturated rings. The number of rotatable bonds is 14. The number of carbonyl (C=O) groups excluding carboxylic acids is 4. The van der Waals surface area contributed by atoms with Gasteiger partial charge in [0.15, 0.2) is 0 Å². The summed E-state index contributed by atoms with van der Waals surface area (Å²) in [5.74, 6) is -1.56. The molecule has 0 aliphatic carbocycles. The smallest absolute Gasteiger partial charge is 0.407 e. The minimum atomic E-state index is -1.36. The van der Waals surface area contributed by atoms with Gasteiger partial charge >= 0.3 is 18.2 Å². The predicted octanol–water partition coefficient (Wildman–Crippen LogP) is 0.0355. The van der Waals surface area contributed by atoms with Gasteiger partial charge in [-0.2, -0.15) is 0 Å². The topological polar surface area (TPSA) is 227 Å². The third-order valence-electron chi connectivity index (χ3n) is 4.83. The van der Waals surface area contributed by atoms with Gasteiger partial charge in [-0.25, -0.2) is 14.4 Å². The Labute approximate surface area is 208 Å². The van der Waals surface area contributed by atoms with Gasteiger partial charge in [0.05, 0.1) is 0 Å². The van der Waals surface area contributed by atoms with Crippen molar-refractivity contribution in [3.8, 4) is 0 Å². The second-order valence-corrected chi connectivity index (χ2v) is 8.14. The molecule has 14 nitrogen and oxygen atoms in total. The third-order valence-corrected chi connectivity index (χ3v) is 4.83. The highest BCUT2D eigenvalue weighted by atomic mass is 16.5. The molecule has 0 spiro atoms. The van der Waals surface area contributed by atoms with Crippen molar-refractivity contribution >= 4 is 35.7 Å². The molecule has 0 bridgehead atoms. The second kappa shape index (κ2) is 15.8. The van der Waals surface area contributed by atoms with Crippen LogP contribution in [-0.2, 0) is 20.9 Å². The summed E-state index contributed by atoms with van der Waals surface area (Å²) in [5, 5.41) is 21.3. The Morgan fingerprint density at radius 3 is 2.19 bits per heavy atom. The molecule has 0 aromatic heterocycles. The molecule has 0 unspecified atom stereocenters. The van der Waals surface area contributed by atoms with Gasteiger partial charge in [-0.05, 0) is 36.5 Å². The molecule has 0 saturated carbocycles. The van der Waals surface area contributed by atoms with E-state index >= 15 is 0 Å². The van der Waals surface area contributed by atoms with Gasteiger partial charge in [-0.3, -0.25) is 9.59 Å². The number of alkyl carbamates (subject to hydrolysis) is 1. The van der Waals surface area contributed by atoms with E-state index in [1.54, 1.807) is 38.1 Å². The van der Waals surface area contributed by atoms with Crippen LogP contribution in [0.15, 0.2) is 24.3 Å². The van der Waals surface area contributed by atoms with Crippen LogP contribution in [0.2, 0.25) is 0 Å². The standard InChI is InChI=1S/C22H35N7O7/c1-13(2)17(29-21(33)34)19(31)28-16(4-3-10-25-20(24)32)18(30)27-15-7-5-14(6-8-15)12-36-22(35)26-11-9-23/h5-8,13,16-17,29H,3-4,9-12,23H2,1-2H3,(H,26,35)(H,27,30)(H,28,31)(H,33,34)(H3,24,25,32)/t16-,17-/m0/s1. The van der Waals surface area contributed by atoms with Crippen LogP contribution in [0, 0.1) is 5.92 Å². The minimum absolute atomic E-state index is 0.0172. The summed E-state index contributed by atoms with van der Waals surface area (Å²) < 4.78 is 5.05. The van der Waals surface area contributed by atoms with Crippen LogP contribution in [0.4, 0.5) is 20.1 Å². The highest BCUT2D eigenvalue weighted by Gasteiger charge is 2.28. The molecular formula is C22H35N7O7. The lowest BCUT2D eigenvalue weighted by Gasteiger charge is -2.24. The number of nitrogens with two attached hydrogens (primary N) is 2. The fraction of sp³-hybridized carbons (Fsp3) is 0.500. The number of benzene rings is 1. The van der Waals surface area contributed by atoms with Crippen LogP contribution >= 0.6 is 0 Å². The molecule has 1 aromatic carbocycles. The number of nitrogens with one attached hydrogen (secondary N) is 5. The first-order valence-corrected chi connectivity index (χ1v) is 11.4. The summed E-state index contributed by atoms with van der Waals surface area (Å²) in [4.78, 5) is 59.1. The first-order chi connectivity index (χ1) is 17.0. The molecule has 0 aliphatic heterocycles. The Morgan fingerprint density at radius 2 is 1.64 bits per heavy atom. The van der Waals surface area contributed by atoms with Crippen LogP contribution in [0.1, 0.15) is 32.3 Å². The zero-order valence-corrected chi connectivity index (χ0v) is 20.3. The van der Waals surface area contributed by atoms with E-state index in [1.165, 1.54) is 0 Å². The number of primary amides is 1. The average Bonchev–Trinajstić information content (AvgIpc) is 2.81.